The maximum absolute atomic E-state index is 11.6. The second-order valence-corrected chi connectivity index (χ2v) is 396. The van der Waals surface area contributed by atoms with Crippen molar-refractivity contribution in [3.63, 3.8) is 0 Å². The van der Waals surface area contributed by atoms with Crippen molar-refractivity contribution < 1.29 is 24.2 Å². The standard InChI is InChI=1S/C12H12ClN3O2.C11H10ClN3O3.H49P47.H47P45/c1-7(17)11-12(18-3)10(15-16(11)2)8-4-5-9(13)14-6-8;1-15-9(11(16)17)10(18-2)8(14-15)6-3-4-7(12)13-5-6;1-25-37(24)43(36(22)23)46(42(34(18)19)35(20)21)47(44(38(26(2)3)27(4)5)39(28(6)7)29(8)9)45(40(30(10)11)31(12)13)41(32(14)15)33(16)17;1-24-36(25(2)3)42(37(26(4)5)27(6)7)45(43(38(28(8)9)29(10)11)39(30(12)13)31(14)15)44(40(32(16)17)33(18)19)41(34(20)21)35(22)23/h4-6H,1-3H3;3-5H,1-2H3,(H,16,17);25H,1-24H2;24H,1-23H2. The first-order chi connectivity index (χ1) is 59.0. The van der Waals surface area contributed by atoms with E-state index < -0.39 is 5.97 Å². The number of pyridine rings is 2. The zero-order chi connectivity index (χ0) is 99.8. The molecule has 0 aliphatic rings. The van der Waals surface area contributed by atoms with Gasteiger partial charge in [-0.3, -0.25) is 14.2 Å². The smallest absolute Gasteiger partial charge is 0.358 e. The number of aryl methyl sites for hydroxylation is 2. The molecule has 0 saturated carbocycles. The highest BCUT2D eigenvalue weighted by Crippen LogP contribution is 3.48. The first kappa shape index (κ1) is 162. The number of aromatic nitrogens is 6. The average molecular weight is 3480 g/mol. The van der Waals surface area contributed by atoms with E-state index >= 15 is 0 Å². The van der Waals surface area contributed by atoms with E-state index in [-0.39, 0.29) is 318 Å². The summed E-state index contributed by atoms with van der Waals surface area (Å²) in [5, 5.41) is 18.3. The third kappa shape index (κ3) is 54.9. The Hall–Kier alpha value is 35.6. The first-order valence-corrected chi connectivity index (χ1v) is 199. The molecule has 0 spiro atoms. The number of aromatic carboxylic acids is 1. The molecule has 11 nitrogen and oxygen atoms in total. The second kappa shape index (κ2) is 87.3. The lowest BCUT2D eigenvalue weighted by atomic mass is 10.1. The number of ether oxygens (including phenoxy) is 2. The fourth-order valence-corrected chi connectivity index (χ4v) is 1300. The molecule has 54 atom stereocenters. The summed E-state index contributed by atoms with van der Waals surface area (Å²) in [4.78, 5) is 30.6. The number of hydrogen-bond donors (Lipinski definition) is 1. The van der Waals surface area contributed by atoms with Crippen molar-refractivity contribution in [3.05, 3.63) is 58.4 Å². The van der Waals surface area contributed by atoms with Crippen molar-refractivity contribution in [2.24, 2.45) is 14.1 Å². The Labute approximate surface area is 938 Å². The van der Waals surface area contributed by atoms with Gasteiger partial charge in [0.1, 0.15) is 27.4 Å². The highest BCUT2D eigenvalue weighted by molar-refractivity contribution is 9.54. The van der Waals surface area contributed by atoms with E-state index in [0.29, 0.717) is 38.7 Å². The van der Waals surface area contributed by atoms with Gasteiger partial charge in [0.15, 0.2) is 23.0 Å². The molecule has 4 aromatic heterocycles. The number of carboxylic acids is 1. The van der Waals surface area contributed by atoms with Gasteiger partial charge in [0.05, 0.1) is 14.2 Å². The van der Waals surface area contributed by atoms with Crippen LogP contribution in [0.2, 0.25) is 10.3 Å². The van der Waals surface area contributed by atoms with E-state index in [4.69, 9.17) is 37.8 Å². The van der Waals surface area contributed by atoms with Gasteiger partial charge >= 0.3 is 5.97 Å². The minimum Gasteiger partial charge on any atom is -0.492 e. The molecular formula is C23H118Cl2N6O5P92. The van der Waals surface area contributed by atoms with Gasteiger partial charge < -0.3 is 14.6 Å². The number of carbonyl (C=O) groups is 2. The number of rotatable bonds is 49. The van der Waals surface area contributed by atoms with Crippen LogP contribution >= 0.6 is 759 Å². The Bertz CT molecular complexity index is 3430. The second-order valence-electron chi connectivity index (χ2n) is 21.7. The van der Waals surface area contributed by atoms with Crippen molar-refractivity contribution in [2.45, 2.75) is 6.92 Å². The average Bonchev–Trinajstić information content (AvgIpc) is 0.994. The molecule has 54 unspecified atom stereocenters. The largest absolute Gasteiger partial charge is 0.492 e. The van der Waals surface area contributed by atoms with Gasteiger partial charge in [0.25, 0.3) is 0 Å². The van der Waals surface area contributed by atoms with Crippen LogP contribution in [0.3, 0.4) is 0 Å². The van der Waals surface area contributed by atoms with Crippen molar-refractivity contribution in [3.8, 4) is 34.0 Å². The molecule has 0 aliphatic heterocycles. The topological polar surface area (TPSA) is 134 Å². The Balaban J connectivity index is 0.000000924. The number of methoxy groups -OCH3 is 2. The van der Waals surface area contributed by atoms with E-state index in [1.54, 1.807) is 44.6 Å². The summed E-state index contributed by atoms with van der Waals surface area (Å²) < 4.78 is 13.2. The fourth-order valence-electron chi connectivity index (χ4n) is 8.75. The van der Waals surface area contributed by atoms with Crippen molar-refractivity contribution >= 4 is 771 Å². The van der Waals surface area contributed by atoms with Crippen molar-refractivity contribution in [2.75, 3.05) is 14.2 Å². The van der Waals surface area contributed by atoms with Gasteiger partial charge in [-0.1, -0.05) is 39.1 Å². The molecule has 0 radical (unpaired) electrons. The van der Waals surface area contributed by atoms with Crippen LogP contribution in [0.1, 0.15) is 27.9 Å². The Morgan fingerprint density at radius 1 is 0.305 bits per heavy atom. The molecule has 128 heavy (non-hydrogen) atoms. The highest BCUT2D eigenvalue weighted by Gasteiger charge is 2.60. The summed E-state index contributed by atoms with van der Waals surface area (Å²) in [7, 11) is 170. The molecule has 0 bridgehead atoms. The lowest BCUT2D eigenvalue weighted by molar-refractivity contribution is 0.0681. The van der Waals surface area contributed by atoms with Gasteiger partial charge in [0.2, 0.25) is 0 Å². The van der Waals surface area contributed by atoms with E-state index in [1.165, 1.54) is 36.7 Å². The van der Waals surface area contributed by atoms with E-state index in [9.17, 15) is 9.59 Å². The number of nitrogens with zero attached hydrogens (tertiary/aromatic N) is 6. The van der Waals surface area contributed by atoms with Crippen LogP contribution in [0.15, 0.2) is 36.7 Å². The lowest BCUT2D eigenvalue weighted by Gasteiger charge is -2.58. The Morgan fingerprint density at radius 2 is 0.500 bits per heavy atom. The first-order valence-electron chi connectivity index (χ1n) is 31.1. The minimum atomic E-state index is -1.10. The third-order valence-electron chi connectivity index (χ3n) is 12.8. The molecule has 105 heteroatoms. The molecule has 4 rings (SSSR count). The summed E-state index contributed by atoms with van der Waals surface area (Å²) in [6, 6.07) is 6.75. The minimum absolute atomic E-state index is 0.0116. The van der Waals surface area contributed by atoms with Crippen LogP contribution in [0.5, 0.6) is 11.5 Å². The predicted octanol–water partition coefficient (Wildman–Crippen LogP) is 57.7. The van der Waals surface area contributed by atoms with Crippen LogP contribution in [0.4, 0.5) is 0 Å². The number of ketones is 1. The quantitative estimate of drug-likeness (QED) is 0.0261. The van der Waals surface area contributed by atoms with Crippen LogP contribution in [0, 0.1) is 0 Å². The van der Waals surface area contributed by atoms with E-state index in [2.05, 4.69) is 440 Å². The SMILES string of the molecule is COc1c(-c2ccc(Cl)nc2)nn(C)c1C(=O)O.COc1c(-c2ccc(Cl)nc2)nn(C)c1C(C)=O.PPP(P(P)P)P(P(P(P)P)P(P)P)P(P(P(P(P)P)P(P)P)P(P(P)P)P(P)P)P(P(P(P)P)P(P)P)P(P(P)P)P(P)P.PPP(P)P(P(P)P)P(P(P(P)P)P(P)P)P(P(P(P(P)P)P(P)P)P(P(P)P)P(P)P)P(P(P(P)P)P(P)P)P(P(P)P)P(P)P. The van der Waals surface area contributed by atoms with Gasteiger partial charge in [0, 0.05) is 44.5 Å². The summed E-state index contributed by atoms with van der Waals surface area (Å²) in [5.74, 6) is -0.548. The number of halogens is 2. The summed E-state index contributed by atoms with van der Waals surface area (Å²) in [6.45, 7) is -3.91. The van der Waals surface area contributed by atoms with E-state index in [1.807, 2.05) is 0 Å². The van der Waals surface area contributed by atoms with Gasteiger partial charge in [-0.15, -0.1) is 420 Å². The third-order valence-corrected chi connectivity index (χ3v) is 644. The molecular weight excluding hydrogens is 3360 g/mol. The lowest BCUT2D eigenvalue weighted by Crippen LogP contribution is -2.06. The van der Waals surface area contributed by atoms with Crippen molar-refractivity contribution in [1.29, 1.82) is 0 Å². The van der Waals surface area contributed by atoms with Crippen LogP contribution in [-0.2, 0) is 14.1 Å². The molecule has 0 amide bonds. The molecule has 4 heterocycles. The van der Waals surface area contributed by atoms with Gasteiger partial charge in [-0.05, 0) is 325 Å². The van der Waals surface area contributed by atoms with Gasteiger partial charge in [-0.25, -0.2) is 14.8 Å². The highest BCUT2D eigenvalue weighted by atomic mass is 35.5. The zero-order valence-electron chi connectivity index (χ0n) is 67.3. The maximum atomic E-state index is 11.6. The Kier molecular flexibility index (Phi) is 110. The molecule has 0 aromatic carbocycles. The van der Waals surface area contributed by atoms with Crippen molar-refractivity contribution in [1.82, 2.24) is 29.5 Å². The number of carbonyl (C=O) groups excluding carboxylic acids is 1. The monoisotopic (exact) mass is 3480 g/mol. The number of Topliss-reactive ketones (excluding diaryl/α,β-unsaturated/α-hetero) is 1. The maximum Gasteiger partial charge on any atom is 0.358 e. The van der Waals surface area contributed by atoms with Crippen LogP contribution in [0.25, 0.3) is 22.5 Å². The van der Waals surface area contributed by atoms with E-state index in [0.717, 1.165) is 21.5 Å². The van der Waals surface area contributed by atoms with Crippen LogP contribution < -0.4 is 9.47 Å². The molecule has 744 valence electrons. The number of carboxylic acid groups (broad SMARTS) is 1. The number of hydrogen-bond acceptors (Lipinski definition) is 8. The summed E-state index contributed by atoms with van der Waals surface area (Å²) in [5.41, 5.74) is 2.81. The summed E-state index contributed by atoms with van der Waals surface area (Å²) in [6.07, 6.45) is 3.11. The molecule has 1 N–H and O–H groups in total. The van der Waals surface area contributed by atoms with Crippen LogP contribution in [-0.4, -0.2) is 60.6 Å². The summed E-state index contributed by atoms with van der Waals surface area (Å²) >= 11 is 11.4. The predicted molar refractivity (Wildman–Crippen MR) is 904 cm³/mol. The normalized spacial score (nSPS) is 14.5. The fraction of sp³-hybridized carbons (Fsp3) is 0.217. The molecule has 0 fully saturated rings. The zero-order valence-corrected chi connectivity index (χ0v) is 164. The molecule has 0 aliphatic carbocycles. The molecule has 4 aromatic rings. The molecule has 0 saturated heterocycles. The van der Waals surface area contributed by atoms with Gasteiger partial charge in [-0.2, -0.15) is 10.2 Å². The Morgan fingerprint density at radius 3 is 0.672 bits per heavy atom.